The number of nitrogens with two attached hydrogens (primary N) is 1. The van der Waals surface area contributed by atoms with Crippen molar-refractivity contribution in [1.29, 1.82) is 0 Å². The average Bonchev–Trinajstić information content (AvgIpc) is 2.82. The molecule has 1 fully saturated rings. The van der Waals surface area contributed by atoms with Gasteiger partial charge in [-0.15, -0.1) is 0 Å². The molecule has 2 rings (SSSR count). The molecule has 1 saturated carbocycles. The molecule has 0 aromatic heterocycles. The lowest BCUT2D eigenvalue weighted by molar-refractivity contribution is 0.454. The van der Waals surface area contributed by atoms with E-state index in [1.807, 2.05) is 13.0 Å². The van der Waals surface area contributed by atoms with E-state index in [4.69, 9.17) is 17.3 Å². The molecule has 2 N–H and O–H groups in total. The number of benzene rings is 1. The molecule has 1 aliphatic rings. The smallest absolute Gasteiger partial charge is 0.0438 e. The standard InChI is InChI=1S/C15H22ClN/c1-11-6-8-13(10-14(11)16)15(17)9-7-12-4-2-3-5-12/h6,8,10,12,15H,2-5,7,9,17H2,1H3. The average molecular weight is 252 g/mol. The second-order valence-electron chi connectivity index (χ2n) is 5.34. The maximum absolute atomic E-state index is 6.23. The van der Waals surface area contributed by atoms with Gasteiger partial charge in [0.1, 0.15) is 0 Å². The summed E-state index contributed by atoms with van der Waals surface area (Å²) in [7, 11) is 0. The van der Waals surface area contributed by atoms with Crippen LogP contribution in [0.25, 0.3) is 0 Å². The number of aryl methyl sites for hydroxylation is 1. The van der Waals surface area contributed by atoms with Crippen LogP contribution in [0.3, 0.4) is 0 Å². The predicted molar refractivity (Wildman–Crippen MR) is 74.3 cm³/mol. The Hall–Kier alpha value is -0.530. The van der Waals surface area contributed by atoms with Crippen LogP contribution in [0.5, 0.6) is 0 Å². The number of halogens is 1. The maximum atomic E-state index is 6.23. The summed E-state index contributed by atoms with van der Waals surface area (Å²) in [6.07, 6.45) is 7.99. The fraction of sp³-hybridized carbons (Fsp3) is 0.600. The van der Waals surface area contributed by atoms with Crippen LogP contribution in [0.2, 0.25) is 5.02 Å². The van der Waals surface area contributed by atoms with Gasteiger partial charge < -0.3 is 5.73 Å². The van der Waals surface area contributed by atoms with Crippen LogP contribution in [-0.2, 0) is 0 Å². The third kappa shape index (κ3) is 3.46. The van der Waals surface area contributed by atoms with Crippen molar-refractivity contribution in [1.82, 2.24) is 0 Å². The highest BCUT2D eigenvalue weighted by Crippen LogP contribution is 2.31. The molecule has 0 aliphatic heterocycles. The van der Waals surface area contributed by atoms with Crippen LogP contribution in [0, 0.1) is 12.8 Å². The summed E-state index contributed by atoms with van der Waals surface area (Å²) in [5.41, 5.74) is 8.54. The minimum Gasteiger partial charge on any atom is -0.324 e. The molecular weight excluding hydrogens is 230 g/mol. The Balaban J connectivity index is 1.89. The Labute approximate surface area is 109 Å². The Morgan fingerprint density at radius 2 is 2.06 bits per heavy atom. The van der Waals surface area contributed by atoms with Gasteiger partial charge >= 0.3 is 0 Å². The first-order valence-electron chi connectivity index (χ1n) is 6.68. The minimum absolute atomic E-state index is 0.147. The van der Waals surface area contributed by atoms with E-state index in [1.165, 1.54) is 37.7 Å². The quantitative estimate of drug-likeness (QED) is 0.830. The highest BCUT2D eigenvalue weighted by Gasteiger charge is 2.16. The summed E-state index contributed by atoms with van der Waals surface area (Å²) in [6.45, 7) is 2.02. The normalized spacial score (nSPS) is 18.5. The van der Waals surface area contributed by atoms with Gasteiger partial charge in [0.15, 0.2) is 0 Å². The van der Waals surface area contributed by atoms with Gasteiger partial charge in [-0.2, -0.15) is 0 Å². The third-order valence-corrected chi connectivity index (χ3v) is 4.39. The van der Waals surface area contributed by atoms with E-state index in [0.717, 1.165) is 22.9 Å². The molecule has 0 saturated heterocycles. The lowest BCUT2D eigenvalue weighted by Crippen LogP contribution is -2.11. The zero-order valence-corrected chi connectivity index (χ0v) is 11.3. The topological polar surface area (TPSA) is 26.0 Å². The minimum atomic E-state index is 0.147. The van der Waals surface area contributed by atoms with Crippen LogP contribution in [0.15, 0.2) is 18.2 Å². The summed E-state index contributed by atoms with van der Waals surface area (Å²) in [4.78, 5) is 0. The maximum Gasteiger partial charge on any atom is 0.0438 e. The van der Waals surface area contributed by atoms with Gasteiger partial charge in [0.05, 0.1) is 0 Å². The van der Waals surface area contributed by atoms with Gasteiger partial charge in [0.25, 0.3) is 0 Å². The fourth-order valence-corrected chi connectivity index (χ4v) is 2.91. The molecule has 17 heavy (non-hydrogen) atoms. The Bertz CT molecular complexity index is 369. The van der Waals surface area contributed by atoms with Crippen molar-refractivity contribution < 1.29 is 0 Å². The van der Waals surface area contributed by atoms with Crippen LogP contribution >= 0.6 is 11.6 Å². The molecule has 0 spiro atoms. The van der Waals surface area contributed by atoms with Crippen LogP contribution < -0.4 is 5.73 Å². The van der Waals surface area contributed by atoms with Gasteiger partial charge in [-0.3, -0.25) is 0 Å². The van der Waals surface area contributed by atoms with Crippen LogP contribution in [-0.4, -0.2) is 0 Å². The van der Waals surface area contributed by atoms with Crippen molar-refractivity contribution in [2.45, 2.75) is 51.5 Å². The number of hydrogen-bond donors (Lipinski definition) is 1. The van der Waals surface area contributed by atoms with E-state index in [0.29, 0.717) is 0 Å². The zero-order chi connectivity index (χ0) is 12.3. The van der Waals surface area contributed by atoms with Gasteiger partial charge in [-0.25, -0.2) is 0 Å². The molecule has 1 aromatic carbocycles. The first-order chi connectivity index (χ1) is 8.16. The number of hydrogen-bond acceptors (Lipinski definition) is 1. The Morgan fingerprint density at radius 1 is 1.35 bits per heavy atom. The van der Waals surface area contributed by atoms with Crippen LogP contribution in [0.4, 0.5) is 0 Å². The molecule has 0 radical (unpaired) electrons. The second-order valence-corrected chi connectivity index (χ2v) is 5.75. The van der Waals surface area contributed by atoms with E-state index in [9.17, 15) is 0 Å². The van der Waals surface area contributed by atoms with E-state index < -0.39 is 0 Å². The van der Waals surface area contributed by atoms with Gasteiger partial charge in [0, 0.05) is 11.1 Å². The summed E-state index contributed by atoms with van der Waals surface area (Å²) in [5.74, 6) is 0.918. The van der Waals surface area contributed by atoms with Crippen molar-refractivity contribution in [3.05, 3.63) is 34.3 Å². The number of rotatable bonds is 4. The highest BCUT2D eigenvalue weighted by atomic mass is 35.5. The monoisotopic (exact) mass is 251 g/mol. The van der Waals surface area contributed by atoms with Gasteiger partial charge in [0.2, 0.25) is 0 Å². The molecule has 1 aliphatic carbocycles. The molecular formula is C15H22ClN. The van der Waals surface area contributed by atoms with E-state index in [-0.39, 0.29) is 6.04 Å². The van der Waals surface area contributed by atoms with Crippen molar-refractivity contribution in [2.24, 2.45) is 11.7 Å². The van der Waals surface area contributed by atoms with E-state index in [2.05, 4.69) is 12.1 Å². The highest BCUT2D eigenvalue weighted by molar-refractivity contribution is 6.31. The SMILES string of the molecule is Cc1ccc(C(N)CCC2CCCC2)cc1Cl. The summed E-state index contributed by atoms with van der Waals surface area (Å²) < 4.78 is 0. The largest absolute Gasteiger partial charge is 0.324 e. The van der Waals surface area contributed by atoms with E-state index in [1.54, 1.807) is 0 Å². The van der Waals surface area contributed by atoms with Crippen molar-refractivity contribution >= 4 is 11.6 Å². The Kier molecular flexibility index (Phi) is 4.47. The zero-order valence-electron chi connectivity index (χ0n) is 10.6. The molecule has 94 valence electrons. The van der Waals surface area contributed by atoms with E-state index >= 15 is 0 Å². The molecule has 0 bridgehead atoms. The lowest BCUT2D eigenvalue weighted by atomic mass is 9.95. The lowest BCUT2D eigenvalue weighted by Gasteiger charge is -2.15. The second kappa shape index (κ2) is 5.88. The molecule has 0 heterocycles. The van der Waals surface area contributed by atoms with Gasteiger partial charge in [-0.1, -0.05) is 49.4 Å². The molecule has 1 atom stereocenters. The van der Waals surface area contributed by atoms with Crippen molar-refractivity contribution in [2.75, 3.05) is 0 Å². The van der Waals surface area contributed by atoms with Crippen molar-refractivity contribution in [3.63, 3.8) is 0 Å². The first-order valence-corrected chi connectivity index (χ1v) is 7.06. The van der Waals surface area contributed by atoms with Gasteiger partial charge in [-0.05, 0) is 42.9 Å². The van der Waals surface area contributed by atoms with Crippen LogP contribution in [0.1, 0.15) is 55.7 Å². The fourth-order valence-electron chi connectivity index (χ4n) is 2.72. The molecule has 2 heteroatoms. The summed E-state index contributed by atoms with van der Waals surface area (Å²) in [5, 5.41) is 0.832. The first kappa shape index (κ1) is 12.9. The molecule has 0 amide bonds. The molecule has 1 aromatic rings. The Morgan fingerprint density at radius 3 is 2.71 bits per heavy atom. The van der Waals surface area contributed by atoms with Crippen molar-refractivity contribution in [3.8, 4) is 0 Å². The summed E-state index contributed by atoms with van der Waals surface area (Å²) >= 11 is 6.13. The molecule has 1 nitrogen and oxygen atoms in total. The predicted octanol–water partition coefficient (Wildman–Crippen LogP) is 4.62. The third-order valence-electron chi connectivity index (χ3n) is 3.98. The summed E-state index contributed by atoms with van der Waals surface area (Å²) in [6, 6.07) is 6.35. The molecule has 1 unspecified atom stereocenters.